The van der Waals surface area contributed by atoms with Gasteiger partial charge in [-0.25, -0.2) is 0 Å². The number of epoxide rings is 1. The van der Waals surface area contributed by atoms with Crippen LogP contribution in [0.15, 0.2) is 118 Å². The van der Waals surface area contributed by atoms with E-state index in [0.717, 1.165) is 31.2 Å². The average molecular weight is 550 g/mol. The van der Waals surface area contributed by atoms with E-state index >= 15 is 0 Å². The summed E-state index contributed by atoms with van der Waals surface area (Å²) in [5, 5.41) is 0. The maximum absolute atomic E-state index is 6.88. The van der Waals surface area contributed by atoms with Gasteiger partial charge < -0.3 is 9.47 Å². The standard InChI is InChI=1S/C28H22Br2O2/c29-24-16-20(17-25(30)18-24)27-26(32-27)19-31-28(21-10-4-1-5-11-21,22-12-6-2-7-13-22)23-14-8-3-9-15-23/h1-18,26-27H,19H2/t26-,27-/m0/s1. The number of halogens is 2. The molecule has 1 aliphatic heterocycles. The summed E-state index contributed by atoms with van der Waals surface area (Å²) in [6, 6.07) is 37.6. The first kappa shape index (κ1) is 21.6. The predicted molar refractivity (Wildman–Crippen MR) is 135 cm³/mol. The van der Waals surface area contributed by atoms with E-state index in [2.05, 4.69) is 117 Å². The highest BCUT2D eigenvalue weighted by Crippen LogP contribution is 2.45. The van der Waals surface area contributed by atoms with Crippen molar-refractivity contribution < 1.29 is 9.47 Å². The van der Waals surface area contributed by atoms with Gasteiger partial charge in [-0.2, -0.15) is 0 Å². The van der Waals surface area contributed by atoms with Crippen LogP contribution in [-0.4, -0.2) is 12.7 Å². The van der Waals surface area contributed by atoms with Crippen molar-refractivity contribution in [3.05, 3.63) is 140 Å². The van der Waals surface area contributed by atoms with Crippen LogP contribution in [0, 0.1) is 0 Å². The van der Waals surface area contributed by atoms with Crippen LogP contribution in [0.2, 0.25) is 0 Å². The normalized spacial score (nSPS) is 17.8. The molecule has 0 bridgehead atoms. The SMILES string of the molecule is Brc1cc(Br)cc([C@@H]2O[C@H]2COC(c2ccccc2)(c2ccccc2)c2ccccc2)c1. The van der Waals surface area contributed by atoms with Gasteiger partial charge in [0, 0.05) is 8.95 Å². The molecule has 0 aromatic heterocycles. The molecule has 2 nitrogen and oxygen atoms in total. The van der Waals surface area contributed by atoms with Crippen molar-refractivity contribution in [1.82, 2.24) is 0 Å². The van der Waals surface area contributed by atoms with Crippen molar-refractivity contribution in [2.75, 3.05) is 6.61 Å². The molecule has 1 saturated heterocycles. The van der Waals surface area contributed by atoms with Crippen molar-refractivity contribution in [1.29, 1.82) is 0 Å². The van der Waals surface area contributed by atoms with Crippen LogP contribution in [0.4, 0.5) is 0 Å². The summed E-state index contributed by atoms with van der Waals surface area (Å²) in [4.78, 5) is 0. The molecule has 1 aliphatic rings. The Hall–Kier alpha value is -2.24. The van der Waals surface area contributed by atoms with Crippen LogP contribution in [0.25, 0.3) is 0 Å². The summed E-state index contributed by atoms with van der Waals surface area (Å²) in [6.45, 7) is 0.480. The number of hydrogen-bond donors (Lipinski definition) is 0. The quantitative estimate of drug-likeness (QED) is 0.174. The van der Waals surface area contributed by atoms with E-state index in [9.17, 15) is 0 Å². The van der Waals surface area contributed by atoms with Gasteiger partial charge >= 0.3 is 0 Å². The van der Waals surface area contributed by atoms with Crippen LogP contribution in [0.1, 0.15) is 28.4 Å². The van der Waals surface area contributed by atoms with E-state index in [1.807, 2.05) is 24.3 Å². The molecule has 0 saturated carbocycles. The maximum atomic E-state index is 6.88. The van der Waals surface area contributed by atoms with E-state index in [1.54, 1.807) is 0 Å². The topological polar surface area (TPSA) is 21.8 Å². The minimum atomic E-state index is -0.724. The van der Waals surface area contributed by atoms with Gasteiger partial charge in [0.05, 0.1) is 6.61 Å². The summed E-state index contributed by atoms with van der Waals surface area (Å²) < 4.78 is 15.0. The lowest BCUT2D eigenvalue weighted by Crippen LogP contribution is -2.34. The molecule has 0 aliphatic carbocycles. The highest BCUT2D eigenvalue weighted by atomic mass is 79.9. The third-order valence-corrected chi connectivity index (χ3v) is 6.72. The lowest BCUT2D eigenvalue weighted by Gasteiger charge is -2.35. The Bertz CT molecular complexity index is 1060. The third kappa shape index (κ3) is 4.33. The van der Waals surface area contributed by atoms with Crippen LogP contribution < -0.4 is 0 Å². The zero-order valence-corrected chi connectivity index (χ0v) is 20.5. The number of hydrogen-bond acceptors (Lipinski definition) is 2. The molecule has 32 heavy (non-hydrogen) atoms. The minimum absolute atomic E-state index is 0.00621. The molecule has 4 aromatic carbocycles. The maximum Gasteiger partial charge on any atom is 0.143 e. The van der Waals surface area contributed by atoms with Crippen molar-refractivity contribution in [3.63, 3.8) is 0 Å². The van der Waals surface area contributed by atoms with Crippen LogP contribution in [0.5, 0.6) is 0 Å². The molecule has 4 aromatic rings. The summed E-state index contributed by atoms with van der Waals surface area (Å²) in [5.74, 6) is 0. The number of benzene rings is 4. The Morgan fingerprint density at radius 3 is 1.53 bits per heavy atom. The van der Waals surface area contributed by atoms with Crippen molar-refractivity contribution >= 4 is 31.9 Å². The highest BCUT2D eigenvalue weighted by Gasteiger charge is 2.45. The first-order valence-electron chi connectivity index (χ1n) is 10.6. The summed E-state index contributed by atoms with van der Waals surface area (Å²) in [7, 11) is 0. The van der Waals surface area contributed by atoms with Gasteiger partial charge in [0.25, 0.3) is 0 Å². The van der Waals surface area contributed by atoms with Crippen molar-refractivity contribution in [2.24, 2.45) is 0 Å². The molecular formula is C28H22Br2O2. The average Bonchev–Trinajstić information content (AvgIpc) is 3.61. The largest absolute Gasteiger partial charge is 0.362 e. The van der Waals surface area contributed by atoms with Crippen LogP contribution >= 0.6 is 31.9 Å². The van der Waals surface area contributed by atoms with Crippen molar-refractivity contribution in [2.45, 2.75) is 17.8 Å². The first-order valence-corrected chi connectivity index (χ1v) is 12.2. The first-order chi connectivity index (χ1) is 15.7. The molecule has 160 valence electrons. The zero-order chi connectivity index (χ0) is 22.0. The van der Waals surface area contributed by atoms with E-state index in [1.165, 1.54) is 0 Å². The van der Waals surface area contributed by atoms with Crippen LogP contribution in [0.3, 0.4) is 0 Å². The van der Waals surface area contributed by atoms with Gasteiger partial charge in [-0.05, 0) is 40.5 Å². The zero-order valence-electron chi connectivity index (χ0n) is 17.3. The fourth-order valence-corrected chi connectivity index (χ4v) is 5.61. The third-order valence-electron chi connectivity index (χ3n) is 5.80. The molecule has 0 N–H and O–H groups in total. The van der Waals surface area contributed by atoms with Gasteiger partial charge in [0.15, 0.2) is 0 Å². The van der Waals surface area contributed by atoms with Crippen molar-refractivity contribution in [3.8, 4) is 0 Å². The Morgan fingerprint density at radius 1 is 0.656 bits per heavy atom. The van der Waals surface area contributed by atoms with E-state index in [0.29, 0.717) is 6.61 Å². The Kier molecular flexibility index (Phi) is 6.29. The molecule has 0 amide bonds. The smallest absolute Gasteiger partial charge is 0.143 e. The summed E-state index contributed by atoms with van der Waals surface area (Å²) >= 11 is 7.15. The molecule has 1 heterocycles. The van der Waals surface area contributed by atoms with Gasteiger partial charge in [-0.1, -0.05) is 123 Å². The molecule has 5 rings (SSSR count). The van der Waals surface area contributed by atoms with Gasteiger partial charge in [-0.15, -0.1) is 0 Å². The predicted octanol–water partition coefficient (Wildman–Crippen LogP) is 7.66. The molecule has 2 atom stereocenters. The van der Waals surface area contributed by atoms with Gasteiger partial charge in [0.1, 0.15) is 17.8 Å². The van der Waals surface area contributed by atoms with Gasteiger partial charge in [0.2, 0.25) is 0 Å². The molecule has 4 heteroatoms. The van der Waals surface area contributed by atoms with Crippen LogP contribution in [-0.2, 0) is 15.1 Å². The lowest BCUT2D eigenvalue weighted by molar-refractivity contribution is 0.00427. The summed E-state index contributed by atoms with van der Waals surface area (Å²) in [6.07, 6.45) is 0.0375. The fourth-order valence-electron chi connectivity index (χ4n) is 4.28. The Morgan fingerprint density at radius 2 is 1.09 bits per heavy atom. The summed E-state index contributed by atoms with van der Waals surface area (Å²) in [5.41, 5.74) is 3.71. The molecule has 0 radical (unpaired) electrons. The highest BCUT2D eigenvalue weighted by molar-refractivity contribution is 9.11. The minimum Gasteiger partial charge on any atom is -0.362 e. The van der Waals surface area contributed by atoms with E-state index < -0.39 is 5.60 Å². The number of rotatable bonds is 7. The van der Waals surface area contributed by atoms with E-state index in [4.69, 9.17) is 9.47 Å². The van der Waals surface area contributed by atoms with E-state index in [-0.39, 0.29) is 12.2 Å². The monoisotopic (exact) mass is 548 g/mol. The second-order valence-corrected chi connectivity index (χ2v) is 9.72. The van der Waals surface area contributed by atoms with Gasteiger partial charge in [-0.3, -0.25) is 0 Å². The second-order valence-electron chi connectivity index (χ2n) is 7.89. The molecule has 1 fully saturated rings. The Balaban J connectivity index is 1.51. The lowest BCUT2D eigenvalue weighted by atomic mass is 9.80. The molecule has 0 spiro atoms. The molecular weight excluding hydrogens is 528 g/mol. The molecule has 0 unspecified atom stereocenters. The Labute approximate surface area is 205 Å². The fraction of sp³-hybridized carbons (Fsp3) is 0.143. The number of ether oxygens (including phenoxy) is 2. The second kappa shape index (κ2) is 9.32.